The number of nitrogens with zero attached hydrogens (tertiary/aromatic N) is 5. The van der Waals surface area contributed by atoms with Gasteiger partial charge >= 0.3 is 0 Å². The summed E-state index contributed by atoms with van der Waals surface area (Å²) in [6, 6.07) is 17.3. The molecule has 0 unspecified atom stereocenters. The van der Waals surface area contributed by atoms with Crippen molar-refractivity contribution in [3.05, 3.63) is 71.9 Å². The zero-order chi connectivity index (χ0) is 21.7. The zero-order valence-electron chi connectivity index (χ0n) is 17.0. The Morgan fingerprint density at radius 2 is 1.53 bits per heavy atom. The second kappa shape index (κ2) is 7.39. The van der Waals surface area contributed by atoms with Crippen molar-refractivity contribution in [2.75, 3.05) is 31.1 Å². The molecule has 6 rings (SSSR count). The van der Waals surface area contributed by atoms with E-state index < -0.39 is 10.0 Å². The molecule has 0 saturated carbocycles. The molecule has 0 spiro atoms. The molecule has 0 amide bonds. The molecule has 4 heterocycles. The van der Waals surface area contributed by atoms with Crippen LogP contribution in [0, 0.1) is 0 Å². The first-order chi connectivity index (χ1) is 15.6. The van der Waals surface area contributed by atoms with Crippen molar-refractivity contribution in [3.8, 4) is 11.1 Å². The molecule has 0 bridgehead atoms. The maximum atomic E-state index is 12.4. The predicted octanol–water partition coefficient (Wildman–Crippen LogP) is 3.63. The predicted molar refractivity (Wildman–Crippen MR) is 127 cm³/mol. The van der Waals surface area contributed by atoms with Gasteiger partial charge in [0.2, 0.25) is 0 Å². The summed E-state index contributed by atoms with van der Waals surface area (Å²) in [5, 5.41) is 3.21. The van der Waals surface area contributed by atoms with Crippen LogP contribution in [0.3, 0.4) is 0 Å². The summed E-state index contributed by atoms with van der Waals surface area (Å²) in [6.07, 6.45) is 1.62. The van der Waals surface area contributed by atoms with Gasteiger partial charge in [0.1, 0.15) is 21.9 Å². The Balaban J connectivity index is 1.31. The molecule has 9 heteroatoms. The van der Waals surface area contributed by atoms with Crippen LogP contribution in [0.2, 0.25) is 0 Å². The number of piperazine rings is 1. The van der Waals surface area contributed by atoms with Crippen molar-refractivity contribution in [2.45, 2.75) is 4.90 Å². The lowest BCUT2D eigenvalue weighted by Gasteiger charge is -2.36. The van der Waals surface area contributed by atoms with Gasteiger partial charge in [-0.3, -0.25) is 0 Å². The third-order valence-corrected chi connectivity index (χ3v) is 8.14. The fourth-order valence-electron chi connectivity index (χ4n) is 4.38. The number of hydrogen-bond donors (Lipinski definition) is 0. The summed E-state index contributed by atoms with van der Waals surface area (Å²) in [7, 11) is -3.61. The van der Waals surface area contributed by atoms with Gasteiger partial charge in [0.15, 0.2) is 5.84 Å². The van der Waals surface area contributed by atoms with Gasteiger partial charge in [-0.2, -0.15) is 8.42 Å². The Bertz CT molecular complexity index is 1460. The van der Waals surface area contributed by atoms with Gasteiger partial charge in [0, 0.05) is 42.7 Å². The van der Waals surface area contributed by atoms with Gasteiger partial charge in [-0.05, 0) is 17.7 Å². The first kappa shape index (κ1) is 19.4. The number of rotatable bonds is 2. The van der Waals surface area contributed by atoms with Crippen LogP contribution in [0.4, 0.5) is 5.82 Å². The van der Waals surface area contributed by atoms with E-state index in [1.807, 2.05) is 30.3 Å². The average molecular weight is 462 g/mol. The van der Waals surface area contributed by atoms with Gasteiger partial charge in [-0.1, -0.05) is 42.5 Å². The molecule has 1 fully saturated rings. The number of amidine groups is 1. The van der Waals surface area contributed by atoms with Crippen LogP contribution >= 0.6 is 11.3 Å². The maximum absolute atomic E-state index is 12.4. The van der Waals surface area contributed by atoms with E-state index >= 15 is 0 Å². The molecule has 0 aliphatic carbocycles. The van der Waals surface area contributed by atoms with E-state index in [0.717, 1.165) is 40.3 Å². The van der Waals surface area contributed by atoms with Crippen molar-refractivity contribution < 1.29 is 8.42 Å². The van der Waals surface area contributed by atoms with E-state index in [1.54, 1.807) is 29.8 Å². The molecule has 0 atom stereocenters. The summed E-state index contributed by atoms with van der Waals surface area (Å²) < 4.78 is 29.0. The molecule has 32 heavy (non-hydrogen) atoms. The summed E-state index contributed by atoms with van der Waals surface area (Å²) in [5.41, 5.74) is 2.98. The fourth-order valence-corrected chi connectivity index (χ4v) is 6.51. The summed E-state index contributed by atoms with van der Waals surface area (Å²) in [5.74, 6) is 1.48. The maximum Gasteiger partial charge on any atom is 0.285 e. The lowest BCUT2D eigenvalue weighted by molar-refractivity contribution is 0.386. The van der Waals surface area contributed by atoms with Crippen LogP contribution in [0.25, 0.3) is 21.3 Å². The minimum absolute atomic E-state index is 0.292. The Kier molecular flexibility index (Phi) is 4.48. The highest BCUT2D eigenvalue weighted by Gasteiger charge is 2.33. The van der Waals surface area contributed by atoms with Crippen LogP contribution in [0.1, 0.15) is 5.56 Å². The van der Waals surface area contributed by atoms with E-state index in [4.69, 9.17) is 0 Å². The second-order valence-electron chi connectivity index (χ2n) is 7.75. The average Bonchev–Trinajstić information content (AvgIpc) is 3.39. The van der Waals surface area contributed by atoms with Crippen LogP contribution in [0.15, 0.2) is 75.6 Å². The summed E-state index contributed by atoms with van der Waals surface area (Å²) in [4.78, 5) is 14.7. The van der Waals surface area contributed by atoms with Crippen LogP contribution in [-0.2, 0) is 10.0 Å². The lowest BCUT2D eigenvalue weighted by atomic mass is 10.1. The first-order valence-electron chi connectivity index (χ1n) is 10.3. The highest BCUT2D eigenvalue weighted by atomic mass is 32.2. The Hall–Kier alpha value is -3.30. The number of anilines is 1. The van der Waals surface area contributed by atoms with Crippen LogP contribution in [-0.4, -0.2) is 55.3 Å². The molecule has 1 saturated heterocycles. The highest BCUT2D eigenvalue weighted by molar-refractivity contribution is 7.90. The van der Waals surface area contributed by atoms with E-state index in [-0.39, 0.29) is 0 Å². The SMILES string of the molecule is O=S1(=O)N=C(N2CCN(c3ncnc4scc(-c5ccccc5)c34)CC2)c2ccccc21. The highest BCUT2D eigenvalue weighted by Crippen LogP contribution is 2.38. The monoisotopic (exact) mass is 461 g/mol. The van der Waals surface area contributed by atoms with Crippen molar-refractivity contribution >= 4 is 43.2 Å². The minimum atomic E-state index is -3.61. The summed E-state index contributed by atoms with van der Waals surface area (Å²) >= 11 is 1.63. The smallest absolute Gasteiger partial charge is 0.285 e. The summed E-state index contributed by atoms with van der Waals surface area (Å²) in [6.45, 7) is 2.77. The van der Waals surface area contributed by atoms with Gasteiger partial charge in [0.25, 0.3) is 10.0 Å². The molecule has 2 aliphatic rings. The van der Waals surface area contributed by atoms with Gasteiger partial charge in [-0.25, -0.2) is 9.97 Å². The van der Waals surface area contributed by atoms with E-state index in [1.165, 1.54) is 0 Å². The van der Waals surface area contributed by atoms with Gasteiger partial charge in [-0.15, -0.1) is 15.7 Å². The standard InChI is InChI=1S/C23H19N5O2S2/c29-32(30)19-9-5-4-8-17(19)21(26-32)27-10-12-28(13-11-27)22-20-18(16-6-2-1-3-7-16)14-31-23(20)25-15-24-22/h1-9,14-15H,10-13H2. The molecular weight excluding hydrogens is 442 g/mol. The van der Waals surface area contributed by atoms with Crippen LogP contribution < -0.4 is 4.90 Å². The normalized spacial score (nSPS) is 17.4. The largest absolute Gasteiger partial charge is 0.352 e. The van der Waals surface area contributed by atoms with E-state index in [0.29, 0.717) is 29.4 Å². The number of benzene rings is 2. The number of hydrogen-bond acceptors (Lipinski definition) is 7. The van der Waals surface area contributed by atoms with Gasteiger partial charge < -0.3 is 9.80 Å². The molecule has 0 radical (unpaired) electrons. The lowest BCUT2D eigenvalue weighted by Crippen LogP contribution is -2.49. The zero-order valence-corrected chi connectivity index (χ0v) is 18.7. The topological polar surface area (TPSA) is 78.8 Å². The molecule has 2 aromatic carbocycles. The van der Waals surface area contributed by atoms with Crippen molar-refractivity contribution in [1.29, 1.82) is 0 Å². The molecule has 2 aliphatic heterocycles. The minimum Gasteiger partial charge on any atom is -0.352 e. The molecule has 160 valence electrons. The number of aromatic nitrogens is 2. The fraction of sp³-hybridized carbons (Fsp3) is 0.174. The quantitative estimate of drug-likeness (QED) is 0.454. The Labute approximate surface area is 189 Å². The second-order valence-corrected chi connectivity index (χ2v) is 10.2. The van der Waals surface area contributed by atoms with E-state index in [9.17, 15) is 8.42 Å². The van der Waals surface area contributed by atoms with Gasteiger partial charge in [0.05, 0.1) is 5.39 Å². The third kappa shape index (κ3) is 3.08. The molecular formula is C23H19N5O2S2. The third-order valence-electron chi connectivity index (χ3n) is 5.93. The molecule has 4 aromatic rings. The molecule has 7 nitrogen and oxygen atoms in total. The van der Waals surface area contributed by atoms with Crippen molar-refractivity contribution in [3.63, 3.8) is 0 Å². The van der Waals surface area contributed by atoms with E-state index in [2.05, 4.69) is 41.7 Å². The van der Waals surface area contributed by atoms with Crippen molar-refractivity contribution in [1.82, 2.24) is 14.9 Å². The number of thiophene rings is 1. The van der Waals surface area contributed by atoms with Crippen molar-refractivity contribution in [2.24, 2.45) is 4.40 Å². The van der Waals surface area contributed by atoms with Crippen LogP contribution in [0.5, 0.6) is 0 Å². The number of fused-ring (bicyclic) bond motifs is 2. The Morgan fingerprint density at radius 3 is 2.34 bits per heavy atom. The Morgan fingerprint density at radius 1 is 0.812 bits per heavy atom. The molecule has 2 aromatic heterocycles. The first-order valence-corrected chi connectivity index (χ1v) is 12.7. The molecule has 0 N–H and O–H groups in total. The number of sulfonamides is 1.